The smallest absolute Gasteiger partial charge is 0.326 e. The van der Waals surface area contributed by atoms with Crippen molar-refractivity contribution in [2.24, 2.45) is 0 Å². The van der Waals surface area contributed by atoms with Gasteiger partial charge in [-0.15, -0.1) is 0 Å². The van der Waals surface area contributed by atoms with Gasteiger partial charge in [0.2, 0.25) is 5.91 Å². The number of carbonyl (C=O) groups excluding carboxylic acids is 2. The Balaban J connectivity index is 2.01. The Bertz CT molecular complexity index is 854. The summed E-state index contributed by atoms with van der Waals surface area (Å²) in [4.78, 5) is 35.5. The lowest BCUT2D eigenvalue weighted by molar-refractivity contribution is -0.139. The summed E-state index contributed by atoms with van der Waals surface area (Å²) in [5.74, 6) is -1.96. The van der Waals surface area contributed by atoms with E-state index in [1.54, 1.807) is 42.5 Å². The summed E-state index contributed by atoms with van der Waals surface area (Å²) in [5.41, 5.74) is 0.656. The van der Waals surface area contributed by atoms with Gasteiger partial charge in [-0.25, -0.2) is 4.79 Å². The van der Waals surface area contributed by atoms with E-state index in [0.29, 0.717) is 10.6 Å². The molecule has 2 rings (SSSR count). The number of carboxylic acids is 1. The molecule has 0 aliphatic rings. The Hall–Kier alpha value is -3.00. The first-order chi connectivity index (χ1) is 12.9. The molecule has 2 aromatic rings. The molecule has 0 fully saturated rings. The molecular weight excluding hydrogens is 368 g/mol. The molecule has 0 unspecified atom stereocenters. The van der Waals surface area contributed by atoms with E-state index in [0.717, 1.165) is 0 Å². The van der Waals surface area contributed by atoms with Crippen molar-refractivity contribution >= 4 is 34.3 Å². The van der Waals surface area contributed by atoms with E-state index in [2.05, 4.69) is 10.6 Å². The molecular formula is C19H20N2O5S. The number of anilines is 1. The van der Waals surface area contributed by atoms with Crippen molar-refractivity contribution in [2.45, 2.75) is 24.3 Å². The van der Waals surface area contributed by atoms with Gasteiger partial charge in [-0.3, -0.25) is 13.8 Å². The lowest BCUT2D eigenvalue weighted by Gasteiger charge is -2.15. The van der Waals surface area contributed by atoms with Crippen molar-refractivity contribution < 1.29 is 23.7 Å². The second-order valence-corrected chi connectivity index (χ2v) is 7.35. The molecule has 0 heterocycles. The second-order valence-electron chi connectivity index (χ2n) is 5.78. The molecule has 142 valence electrons. The van der Waals surface area contributed by atoms with Gasteiger partial charge in [-0.05, 0) is 36.8 Å². The van der Waals surface area contributed by atoms with Gasteiger partial charge in [-0.1, -0.05) is 24.3 Å². The van der Waals surface area contributed by atoms with Gasteiger partial charge < -0.3 is 15.7 Å². The minimum Gasteiger partial charge on any atom is -0.480 e. The van der Waals surface area contributed by atoms with Crippen LogP contribution in [0, 0.1) is 0 Å². The van der Waals surface area contributed by atoms with Crippen LogP contribution < -0.4 is 10.6 Å². The largest absolute Gasteiger partial charge is 0.480 e. The molecule has 0 aliphatic carbocycles. The number of amides is 2. The molecule has 3 N–H and O–H groups in total. The van der Waals surface area contributed by atoms with Crippen LogP contribution in [-0.4, -0.2) is 38.9 Å². The van der Waals surface area contributed by atoms with Crippen LogP contribution in [0.15, 0.2) is 59.5 Å². The highest BCUT2D eigenvalue weighted by Crippen LogP contribution is 2.12. The Labute approximate surface area is 159 Å². The lowest BCUT2D eigenvalue weighted by atomic mass is 10.1. The summed E-state index contributed by atoms with van der Waals surface area (Å²) < 4.78 is 12.2. The van der Waals surface area contributed by atoms with E-state index in [-0.39, 0.29) is 23.6 Å². The lowest BCUT2D eigenvalue weighted by Crippen LogP contribution is -2.41. The fourth-order valence-corrected chi connectivity index (χ4v) is 3.50. The average Bonchev–Trinajstić information content (AvgIpc) is 2.64. The van der Waals surface area contributed by atoms with Crippen LogP contribution in [0.1, 0.15) is 23.7 Å². The fourth-order valence-electron chi connectivity index (χ4n) is 2.36. The molecule has 2 amide bonds. The Morgan fingerprint density at radius 3 is 2.41 bits per heavy atom. The maximum atomic E-state index is 12.3. The summed E-state index contributed by atoms with van der Waals surface area (Å²) in [6.45, 7) is 1.35. The van der Waals surface area contributed by atoms with Crippen molar-refractivity contribution in [1.82, 2.24) is 5.32 Å². The fraction of sp³-hybridized carbons (Fsp3) is 0.211. The van der Waals surface area contributed by atoms with E-state index in [4.69, 9.17) is 0 Å². The number of hydrogen-bond donors (Lipinski definition) is 3. The molecule has 0 aromatic heterocycles. The van der Waals surface area contributed by atoms with Crippen LogP contribution in [-0.2, 0) is 20.4 Å². The third-order valence-electron chi connectivity index (χ3n) is 3.65. The summed E-state index contributed by atoms with van der Waals surface area (Å²) in [6.07, 6.45) is 0.0218. The van der Waals surface area contributed by atoms with Gasteiger partial charge >= 0.3 is 5.97 Å². The predicted octanol–water partition coefficient (Wildman–Crippen LogP) is 2.03. The van der Waals surface area contributed by atoms with Gasteiger partial charge in [0.15, 0.2) is 0 Å². The number of benzene rings is 2. The minimum absolute atomic E-state index is 0.0218. The first kappa shape index (κ1) is 20.3. The van der Waals surface area contributed by atoms with Crippen molar-refractivity contribution in [3.05, 3.63) is 60.2 Å². The van der Waals surface area contributed by atoms with E-state index in [9.17, 15) is 23.7 Å². The van der Waals surface area contributed by atoms with Crippen LogP contribution in [0.25, 0.3) is 0 Å². The molecule has 0 bridgehead atoms. The van der Waals surface area contributed by atoms with E-state index >= 15 is 0 Å². The SMILES string of the molecule is CC(=O)Nc1cccc(C(=O)N[C@H](CC[S@@](=O)c2ccccc2)C(=O)O)c1. The number of carboxylic acid groups (broad SMARTS) is 1. The number of nitrogens with one attached hydrogen (secondary N) is 2. The first-order valence-corrected chi connectivity index (χ1v) is 9.53. The molecule has 0 saturated heterocycles. The summed E-state index contributed by atoms with van der Waals surface area (Å²) in [6, 6.07) is 13.7. The van der Waals surface area contributed by atoms with Crippen LogP contribution >= 0.6 is 0 Å². The number of rotatable bonds is 8. The molecule has 0 aliphatic heterocycles. The Kier molecular flexibility index (Phi) is 7.25. The van der Waals surface area contributed by atoms with Gasteiger partial charge in [0.25, 0.3) is 5.91 Å². The normalized spacial score (nSPS) is 12.6. The van der Waals surface area contributed by atoms with E-state index in [1.165, 1.54) is 19.1 Å². The van der Waals surface area contributed by atoms with Crippen LogP contribution in [0.3, 0.4) is 0 Å². The first-order valence-electron chi connectivity index (χ1n) is 8.21. The van der Waals surface area contributed by atoms with Crippen LogP contribution in [0.5, 0.6) is 0 Å². The maximum Gasteiger partial charge on any atom is 0.326 e. The highest BCUT2D eigenvalue weighted by molar-refractivity contribution is 7.85. The summed E-state index contributed by atoms with van der Waals surface area (Å²) in [7, 11) is -1.35. The summed E-state index contributed by atoms with van der Waals surface area (Å²) >= 11 is 0. The molecule has 0 spiro atoms. The molecule has 0 saturated carbocycles. The van der Waals surface area contributed by atoms with Crippen LogP contribution in [0.4, 0.5) is 5.69 Å². The topological polar surface area (TPSA) is 113 Å². The molecule has 2 atom stereocenters. The van der Waals surface area contributed by atoms with E-state index in [1.807, 2.05) is 0 Å². The van der Waals surface area contributed by atoms with Gasteiger partial charge in [0.1, 0.15) is 6.04 Å². The molecule has 8 heteroatoms. The number of carbonyl (C=O) groups is 3. The zero-order valence-electron chi connectivity index (χ0n) is 14.7. The molecule has 27 heavy (non-hydrogen) atoms. The highest BCUT2D eigenvalue weighted by atomic mass is 32.2. The summed E-state index contributed by atoms with van der Waals surface area (Å²) in [5, 5.41) is 14.3. The molecule has 0 radical (unpaired) electrons. The molecule has 2 aromatic carbocycles. The van der Waals surface area contributed by atoms with Crippen molar-refractivity contribution in [3.63, 3.8) is 0 Å². The van der Waals surface area contributed by atoms with Crippen LogP contribution in [0.2, 0.25) is 0 Å². The quantitative estimate of drug-likeness (QED) is 0.640. The molecule has 7 nitrogen and oxygen atoms in total. The average molecular weight is 388 g/mol. The zero-order chi connectivity index (χ0) is 19.8. The maximum absolute atomic E-state index is 12.3. The highest BCUT2D eigenvalue weighted by Gasteiger charge is 2.22. The third-order valence-corrected chi connectivity index (χ3v) is 5.05. The number of hydrogen-bond acceptors (Lipinski definition) is 4. The Morgan fingerprint density at radius 2 is 1.78 bits per heavy atom. The van der Waals surface area contributed by atoms with Gasteiger partial charge in [-0.2, -0.15) is 0 Å². The minimum atomic E-state index is -1.35. The van der Waals surface area contributed by atoms with Gasteiger partial charge in [0.05, 0.1) is 10.8 Å². The Morgan fingerprint density at radius 1 is 1.07 bits per heavy atom. The monoisotopic (exact) mass is 388 g/mol. The van der Waals surface area contributed by atoms with Crippen molar-refractivity contribution in [3.8, 4) is 0 Å². The van der Waals surface area contributed by atoms with Crippen molar-refractivity contribution in [2.75, 3.05) is 11.1 Å². The van der Waals surface area contributed by atoms with Gasteiger partial charge in [0, 0.05) is 28.8 Å². The number of aliphatic carboxylic acids is 1. The zero-order valence-corrected chi connectivity index (χ0v) is 15.5. The standard InChI is InChI=1S/C19H20N2O5S/c1-13(22)20-15-7-5-6-14(12-15)18(23)21-17(19(24)25)10-11-27(26)16-8-3-2-4-9-16/h2-9,12,17H,10-11H2,1H3,(H,20,22)(H,21,23)(H,24,25)/t17-,27-/m1/s1. The third kappa shape index (κ3) is 6.34. The van der Waals surface area contributed by atoms with Crippen molar-refractivity contribution in [1.29, 1.82) is 0 Å². The van der Waals surface area contributed by atoms with E-state index < -0.39 is 28.7 Å². The predicted molar refractivity (Wildman–Crippen MR) is 102 cm³/mol. The second kappa shape index (κ2) is 9.63.